The van der Waals surface area contributed by atoms with E-state index in [1.807, 2.05) is 0 Å². The molecule has 0 aliphatic carbocycles. The maximum atomic E-state index is 12.6. The number of alkyl halides is 6. The number of hydrogen-bond donors (Lipinski definition) is 1. The van der Waals surface area contributed by atoms with E-state index in [1.165, 1.54) is 24.5 Å². The molecule has 3 heterocycles. The van der Waals surface area contributed by atoms with Crippen LogP contribution in [0.5, 0.6) is 5.88 Å². The Labute approximate surface area is 180 Å². The first-order valence-corrected chi connectivity index (χ1v) is 9.01. The van der Waals surface area contributed by atoms with E-state index in [0.717, 1.165) is 16.8 Å². The molecule has 0 bridgehead atoms. The smallest absolute Gasteiger partial charge is 0.422 e. The Balaban J connectivity index is 1.69. The molecule has 0 spiro atoms. The zero-order valence-electron chi connectivity index (χ0n) is 15.7. The van der Waals surface area contributed by atoms with Gasteiger partial charge in [-0.2, -0.15) is 36.1 Å². The summed E-state index contributed by atoms with van der Waals surface area (Å²) in [6.07, 6.45) is -6.04. The van der Waals surface area contributed by atoms with Crippen LogP contribution >= 0.6 is 11.6 Å². The highest BCUT2D eigenvalue weighted by Crippen LogP contribution is 2.28. The van der Waals surface area contributed by atoms with Crippen LogP contribution in [0.15, 0.2) is 47.7 Å². The molecule has 0 saturated carbocycles. The lowest BCUT2D eigenvalue weighted by Gasteiger charge is -2.11. The van der Waals surface area contributed by atoms with Crippen molar-refractivity contribution in [3.8, 4) is 11.7 Å². The number of hydrogen-bond acceptors (Lipinski definition) is 6. The summed E-state index contributed by atoms with van der Waals surface area (Å²) < 4.78 is 79.6. The molecule has 0 saturated heterocycles. The van der Waals surface area contributed by atoms with E-state index in [9.17, 15) is 31.1 Å². The Kier molecular flexibility index (Phi) is 6.57. The number of pyridine rings is 2. The van der Waals surface area contributed by atoms with Gasteiger partial charge in [-0.3, -0.25) is 4.79 Å². The maximum Gasteiger partial charge on any atom is 0.422 e. The van der Waals surface area contributed by atoms with Crippen LogP contribution in [-0.2, 0) is 12.7 Å². The minimum Gasteiger partial charge on any atom is -0.468 e. The van der Waals surface area contributed by atoms with Crippen molar-refractivity contribution in [2.24, 2.45) is 0 Å². The Hall–Kier alpha value is -3.35. The van der Waals surface area contributed by atoms with Crippen LogP contribution in [0.1, 0.15) is 11.1 Å². The van der Waals surface area contributed by atoms with Gasteiger partial charge in [0.1, 0.15) is 5.02 Å². The lowest BCUT2D eigenvalue weighted by Crippen LogP contribution is -2.23. The van der Waals surface area contributed by atoms with Crippen LogP contribution < -0.4 is 15.6 Å². The third-order valence-corrected chi connectivity index (χ3v) is 4.24. The number of nitrogens with one attached hydrogen (secondary N) is 1. The first kappa shape index (κ1) is 23.3. The number of anilines is 1. The normalized spacial score (nSPS) is 12.0. The van der Waals surface area contributed by atoms with Gasteiger partial charge in [0.25, 0.3) is 5.56 Å². The summed E-state index contributed by atoms with van der Waals surface area (Å²) in [5.41, 5.74) is -1.15. The molecular formula is C18H12ClF6N5O2. The highest BCUT2D eigenvalue weighted by atomic mass is 35.5. The second kappa shape index (κ2) is 9.02. The second-order valence-corrected chi connectivity index (χ2v) is 6.63. The number of ether oxygens (including phenoxy) is 1. The van der Waals surface area contributed by atoms with E-state index in [4.69, 9.17) is 11.6 Å². The fourth-order valence-electron chi connectivity index (χ4n) is 2.35. The molecule has 3 aromatic heterocycles. The van der Waals surface area contributed by atoms with Gasteiger partial charge in [-0.1, -0.05) is 17.7 Å². The average Bonchev–Trinajstić information content (AvgIpc) is 2.73. The van der Waals surface area contributed by atoms with Crippen molar-refractivity contribution in [2.75, 3.05) is 11.9 Å². The number of rotatable bonds is 6. The maximum absolute atomic E-state index is 12.6. The van der Waals surface area contributed by atoms with E-state index in [0.29, 0.717) is 11.8 Å². The molecule has 0 amide bonds. The van der Waals surface area contributed by atoms with Crippen molar-refractivity contribution in [3.63, 3.8) is 0 Å². The second-order valence-electron chi connectivity index (χ2n) is 6.25. The largest absolute Gasteiger partial charge is 0.468 e. The van der Waals surface area contributed by atoms with E-state index in [-0.39, 0.29) is 29.0 Å². The van der Waals surface area contributed by atoms with Crippen molar-refractivity contribution in [2.45, 2.75) is 18.9 Å². The zero-order chi connectivity index (χ0) is 23.5. The van der Waals surface area contributed by atoms with Crippen molar-refractivity contribution in [1.82, 2.24) is 19.7 Å². The highest BCUT2D eigenvalue weighted by molar-refractivity contribution is 6.32. The van der Waals surface area contributed by atoms with Gasteiger partial charge in [-0.05, 0) is 17.7 Å². The quantitative estimate of drug-likeness (QED) is 0.532. The first-order valence-electron chi connectivity index (χ1n) is 8.64. The number of nitrogens with zero attached hydrogens (tertiary/aromatic N) is 4. The van der Waals surface area contributed by atoms with Gasteiger partial charge in [0.05, 0.1) is 17.4 Å². The molecule has 32 heavy (non-hydrogen) atoms. The Morgan fingerprint density at radius 3 is 2.31 bits per heavy atom. The van der Waals surface area contributed by atoms with Crippen LogP contribution in [-0.4, -0.2) is 32.5 Å². The Bertz CT molecular complexity index is 1130. The monoisotopic (exact) mass is 479 g/mol. The van der Waals surface area contributed by atoms with E-state index in [2.05, 4.69) is 25.1 Å². The summed E-state index contributed by atoms with van der Waals surface area (Å²) in [7, 11) is 0. The Morgan fingerprint density at radius 2 is 1.75 bits per heavy atom. The first-order chi connectivity index (χ1) is 14.9. The highest BCUT2D eigenvalue weighted by Gasteiger charge is 2.31. The fraction of sp³-hybridized carbons (Fsp3) is 0.222. The van der Waals surface area contributed by atoms with E-state index >= 15 is 0 Å². The van der Waals surface area contributed by atoms with Crippen LogP contribution in [0.2, 0.25) is 5.02 Å². The number of aromatic nitrogens is 4. The van der Waals surface area contributed by atoms with Gasteiger partial charge < -0.3 is 10.1 Å². The topological polar surface area (TPSA) is 81.9 Å². The predicted molar refractivity (Wildman–Crippen MR) is 101 cm³/mol. The lowest BCUT2D eigenvalue weighted by molar-refractivity contribution is -0.154. The van der Waals surface area contributed by atoms with Crippen molar-refractivity contribution in [1.29, 1.82) is 0 Å². The van der Waals surface area contributed by atoms with Gasteiger partial charge in [0.2, 0.25) is 5.88 Å². The molecule has 1 N–H and O–H groups in total. The van der Waals surface area contributed by atoms with Crippen LogP contribution in [0, 0.1) is 0 Å². The van der Waals surface area contributed by atoms with Crippen molar-refractivity contribution >= 4 is 17.3 Å². The molecule has 0 aromatic carbocycles. The summed E-state index contributed by atoms with van der Waals surface area (Å²) in [6, 6.07) is 4.44. The third-order valence-electron chi connectivity index (χ3n) is 3.88. The van der Waals surface area contributed by atoms with Crippen LogP contribution in [0.4, 0.5) is 32.0 Å². The van der Waals surface area contributed by atoms with Crippen molar-refractivity contribution in [3.05, 3.63) is 69.4 Å². The van der Waals surface area contributed by atoms with Crippen LogP contribution in [0.3, 0.4) is 0 Å². The molecule has 0 atom stereocenters. The molecule has 7 nitrogen and oxygen atoms in total. The lowest BCUT2D eigenvalue weighted by atomic mass is 10.2. The minimum absolute atomic E-state index is 0.0932. The van der Waals surface area contributed by atoms with E-state index < -0.39 is 30.1 Å². The molecule has 14 heteroatoms. The zero-order valence-corrected chi connectivity index (χ0v) is 16.5. The fourth-order valence-corrected chi connectivity index (χ4v) is 2.55. The molecule has 0 aliphatic rings. The Morgan fingerprint density at radius 1 is 1.00 bits per heavy atom. The van der Waals surface area contributed by atoms with Gasteiger partial charge in [0.15, 0.2) is 12.4 Å². The van der Waals surface area contributed by atoms with E-state index in [1.54, 1.807) is 0 Å². The molecule has 3 rings (SSSR count). The number of halogens is 7. The van der Waals surface area contributed by atoms with Gasteiger partial charge >= 0.3 is 12.4 Å². The SMILES string of the molecule is O=c1c(Cl)c(NCc2ccc(OCC(F)(F)F)nc2)cnn1-c1ccc(C(F)(F)F)cn1. The summed E-state index contributed by atoms with van der Waals surface area (Å²) in [4.78, 5) is 19.8. The molecule has 0 unspecified atom stereocenters. The summed E-state index contributed by atoms with van der Waals surface area (Å²) in [5.74, 6) is -0.368. The summed E-state index contributed by atoms with van der Waals surface area (Å²) in [5, 5.41) is 6.37. The summed E-state index contributed by atoms with van der Waals surface area (Å²) >= 11 is 6.04. The molecule has 0 aliphatic heterocycles. The van der Waals surface area contributed by atoms with Gasteiger partial charge in [-0.15, -0.1) is 0 Å². The van der Waals surface area contributed by atoms with Gasteiger partial charge in [-0.25, -0.2) is 9.97 Å². The molecule has 3 aromatic rings. The third kappa shape index (κ3) is 5.87. The van der Waals surface area contributed by atoms with Crippen molar-refractivity contribution < 1.29 is 31.1 Å². The molecule has 0 fully saturated rings. The molecule has 170 valence electrons. The minimum atomic E-state index is -4.58. The average molecular weight is 480 g/mol. The van der Waals surface area contributed by atoms with Crippen LogP contribution in [0.25, 0.3) is 5.82 Å². The predicted octanol–water partition coefficient (Wildman–Crippen LogP) is 4.25. The standard InChI is InChI=1S/C18H12ClF6N5O2/c19-15-12(26-5-10-1-4-14(28-6-10)32-9-17(20,21)22)8-29-30(16(15)31)13-3-2-11(7-27-13)18(23,24)25/h1-4,6-8,26H,5,9H2. The molecule has 0 radical (unpaired) electrons. The summed E-state index contributed by atoms with van der Waals surface area (Å²) in [6.45, 7) is -1.38. The van der Waals surface area contributed by atoms with Gasteiger partial charge in [0, 0.05) is 25.0 Å². The molecular weight excluding hydrogens is 468 g/mol.